The van der Waals surface area contributed by atoms with Gasteiger partial charge in [0.2, 0.25) is 0 Å². The fourth-order valence-electron chi connectivity index (χ4n) is 5.87. The van der Waals surface area contributed by atoms with E-state index in [2.05, 4.69) is 114 Å². The van der Waals surface area contributed by atoms with Crippen LogP contribution in [0.1, 0.15) is 0 Å². The molecular weight excluding hydrogens is 482 g/mol. The van der Waals surface area contributed by atoms with Gasteiger partial charge in [-0.15, -0.1) is 11.3 Å². The van der Waals surface area contributed by atoms with Crippen LogP contribution in [0, 0.1) is 0 Å². The van der Waals surface area contributed by atoms with Gasteiger partial charge in [-0.25, -0.2) is 0 Å². The monoisotopic (exact) mass is 505 g/mol. The average Bonchev–Trinajstić information content (AvgIpc) is 3.57. The van der Waals surface area contributed by atoms with Crippen molar-refractivity contribution in [2.24, 2.45) is 0 Å². The molecule has 0 aliphatic carbocycles. The van der Waals surface area contributed by atoms with Gasteiger partial charge in [0.25, 0.3) is 0 Å². The molecule has 0 bridgehead atoms. The molecule has 0 radical (unpaired) electrons. The Labute approximate surface area is 223 Å². The van der Waals surface area contributed by atoms with Gasteiger partial charge < -0.3 is 9.30 Å². The predicted molar refractivity (Wildman–Crippen MR) is 163 cm³/mol. The molecule has 0 N–H and O–H groups in total. The Hall–Kier alpha value is -4.60. The molecule has 2 nitrogen and oxygen atoms in total. The SMILES string of the molecule is COc1ccc(-c2cc3cc4c(ccn4-c4ccccc4)cc3c3c2ccc2c4ccccc4sc23)cc1. The van der Waals surface area contributed by atoms with E-state index in [0.29, 0.717) is 0 Å². The summed E-state index contributed by atoms with van der Waals surface area (Å²) in [5, 5.41) is 9.06. The molecule has 0 aliphatic rings. The molecule has 8 rings (SSSR count). The van der Waals surface area contributed by atoms with Crippen molar-refractivity contribution in [2.45, 2.75) is 0 Å². The fourth-order valence-corrected chi connectivity index (χ4v) is 7.14. The highest BCUT2D eigenvalue weighted by atomic mass is 32.1. The zero-order valence-electron chi connectivity index (χ0n) is 20.8. The molecule has 0 saturated carbocycles. The number of nitrogens with zero attached hydrogens (tertiary/aromatic N) is 1. The Morgan fingerprint density at radius 1 is 0.632 bits per heavy atom. The number of methoxy groups -OCH3 is 1. The number of thiophene rings is 1. The lowest BCUT2D eigenvalue weighted by Gasteiger charge is -2.14. The summed E-state index contributed by atoms with van der Waals surface area (Å²) in [7, 11) is 1.71. The first-order valence-electron chi connectivity index (χ1n) is 12.8. The summed E-state index contributed by atoms with van der Waals surface area (Å²) in [4.78, 5) is 0. The highest BCUT2D eigenvalue weighted by molar-refractivity contribution is 7.26. The van der Waals surface area contributed by atoms with Crippen molar-refractivity contribution in [1.82, 2.24) is 4.57 Å². The third kappa shape index (κ3) is 3.12. The van der Waals surface area contributed by atoms with Gasteiger partial charge in [-0.2, -0.15) is 0 Å². The first-order valence-corrected chi connectivity index (χ1v) is 13.6. The molecular formula is C35H23NOS. The Kier molecular flexibility index (Phi) is 4.64. The van der Waals surface area contributed by atoms with Crippen LogP contribution < -0.4 is 4.74 Å². The number of aromatic nitrogens is 1. The van der Waals surface area contributed by atoms with Crippen LogP contribution >= 0.6 is 11.3 Å². The number of hydrogen-bond donors (Lipinski definition) is 0. The van der Waals surface area contributed by atoms with Gasteiger partial charge in [-0.3, -0.25) is 0 Å². The summed E-state index contributed by atoms with van der Waals surface area (Å²) in [6, 6.07) is 41.7. The molecule has 2 aromatic heterocycles. The number of para-hydroxylation sites is 1. The topological polar surface area (TPSA) is 14.2 Å². The van der Waals surface area contributed by atoms with Gasteiger partial charge in [0.05, 0.1) is 12.6 Å². The summed E-state index contributed by atoms with van der Waals surface area (Å²) in [6.07, 6.45) is 2.18. The van der Waals surface area contributed by atoms with Gasteiger partial charge >= 0.3 is 0 Å². The number of rotatable bonds is 3. The van der Waals surface area contributed by atoms with E-state index in [4.69, 9.17) is 4.74 Å². The lowest BCUT2D eigenvalue weighted by atomic mass is 9.91. The minimum absolute atomic E-state index is 0.869. The Morgan fingerprint density at radius 2 is 1.42 bits per heavy atom. The Bertz CT molecular complexity index is 2150. The summed E-state index contributed by atoms with van der Waals surface area (Å²) in [6.45, 7) is 0. The first kappa shape index (κ1) is 21.5. The number of ether oxygens (including phenoxy) is 1. The van der Waals surface area contributed by atoms with E-state index in [1.807, 2.05) is 23.5 Å². The van der Waals surface area contributed by atoms with Crippen molar-refractivity contribution in [3.63, 3.8) is 0 Å². The maximum absolute atomic E-state index is 5.45. The molecule has 0 unspecified atom stereocenters. The van der Waals surface area contributed by atoms with Crippen molar-refractivity contribution in [3.05, 3.63) is 121 Å². The molecule has 0 atom stereocenters. The van der Waals surface area contributed by atoms with Crippen molar-refractivity contribution in [2.75, 3.05) is 7.11 Å². The molecule has 3 heteroatoms. The van der Waals surface area contributed by atoms with E-state index in [9.17, 15) is 0 Å². The third-order valence-corrected chi connectivity index (χ3v) is 8.91. The molecule has 0 amide bonds. The van der Waals surface area contributed by atoms with Crippen LogP contribution in [0.4, 0.5) is 0 Å². The van der Waals surface area contributed by atoms with Crippen molar-refractivity contribution in [1.29, 1.82) is 0 Å². The van der Waals surface area contributed by atoms with Crippen molar-refractivity contribution < 1.29 is 4.74 Å². The molecule has 0 aliphatic heterocycles. The van der Waals surface area contributed by atoms with Crippen molar-refractivity contribution >= 4 is 64.0 Å². The van der Waals surface area contributed by atoms with Crippen LogP contribution in [-0.2, 0) is 0 Å². The molecule has 2 heterocycles. The summed E-state index contributed by atoms with van der Waals surface area (Å²) < 4.78 is 10.4. The third-order valence-electron chi connectivity index (χ3n) is 7.70. The van der Waals surface area contributed by atoms with Gasteiger partial charge in [-0.1, -0.05) is 60.7 Å². The fraction of sp³-hybridized carbons (Fsp3) is 0.0286. The summed E-state index contributed by atoms with van der Waals surface area (Å²) >= 11 is 1.90. The number of fused-ring (bicyclic) bond motifs is 8. The highest BCUT2D eigenvalue weighted by Gasteiger charge is 2.16. The number of hydrogen-bond acceptors (Lipinski definition) is 2. The zero-order chi connectivity index (χ0) is 25.2. The van der Waals surface area contributed by atoms with E-state index in [1.165, 1.54) is 69.4 Å². The van der Waals surface area contributed by atoms with Gasteiger partial charge in [0.15, 0.2) is 0 Å². The predicted octanol–water partition coefficient (Wildman–Crippen LogP) is 9.98. The average molecular weight is 506 g/mol. The van der Waals surface area contributed by atoms with E-state index in [0.717, 1.165) is 5.75 Å². The normalized spacial score (nSPS) is 11.8. The van der Waals surface area contributed by atoms with Gasteiger partial charge in [0.1, 0.15) is 5.75 Å². The lowest BCUT2D eigenvalue weighted by Crippen LogP contribution is -1.91. The lowest BCUT2D eigenvalue weighted by molar-refractivity contribution is 0.415. The standard InChI is InChI=1S/C35H23NOS/c1-37-26-13-11-22(12-14-26)30-20-24-21-32-23(17-18-36(32)25-7-3-2-4-8-25)19-31(24)34-28(30)15-16-29-27-9-5-6-10-33(27)38-35(29)34/h2-21H,1H3. The van der Waals surface area contributed by atoms with Gasteiger partial charge in [-0.05, 0) is 81.9 Å². The maximum Gasteiger partial charge on any atom is 0.118 e. The minimum atomic E-state index is 0.869. The Balaban J connectivity index is 1.52. The first-order chi connectivity index (χ1) is 18.8. The van der Waals surface area contributed by atoms with E-state index in [-0.39, 0.29) is 0 Å². The molecule has 38 heavy (non-hydrogen) atoms. The second-order valence-electron chi connectivity index (χ2n) is 9.77. The smallest absolute Gasteiger partial charge is 0.118 e. The van der Waals surface area contributed by atoms with Crippen LogP contribution in [0.3, 0.4) is 0 Å². The second kappa shape index (κ2) is 8.20. The molecule has 0 fully saturated rings. The molecule has 8 aromatic rings. The van der Waals surface area contributed by atoms with Gasteiger partial charge in [0, 0.05) is 42.8 Å². The van der Waals surface area contributed by atoms with Crippen LogP contribution in [0.5, 0.6) is 5.75 Å². The van der Waals surface area contributed by atoms with E-state index >= 15 is 0 Å². The zero-order valence-corrected chi connectivity index (χ0v) is 21.6. The molecule has 0 saturated heterocycles. The molecule has 0 spiro atoms. The Morgan fingerprint density at radius 3 is 2.26 bits per heavy atom. The van der Waals surface area contributed by atoms with Crippen LogP contribution in [0.15, 0.2) is 121 Å². The van der Waals surface area contributed by atoms with Crippen molar-refractivity contribution in [3.8, 4) is 22.6 Å². The van der Waals surface area contributed by atoms with E-state index < -0.39 is 0 Å². The highest BCUT2D eigenvalue weighted by Crippen LogP contribution is 2.45. The van der Waals surface area contributed by atoms with Crippen LogP contribution in [0.25, 0.3) is 69.4 Å². The summed E-state index contributed by atoms with van der Waals surface area (Å²) in [5.74, 6) is 0.869. The van der Waals surface area contributed by atoms with Crippen LogP contribution in [-0.4, -0.2) is 11.7 Å². The minimum Gasteiger partial charge on any atom is -0.497 e. The van der Waals surface area contributed by atoms with E-state index in [1.54, 1.807) is 7.11 Å². The van der Waals surface area contributed by atoms with Crippen LogP contribution in [0.2, 0.25) is 0 Å². The molecule has 6 aromatic carbocycles. The summed E-state index contributed by atoms with van der Waals surface area (Å²) in [5.41, 5.74) is 4.82. The maximum atomic E-state index is 5.45. The second-order valence-corrected chi connectivity index (χ2v) is 10.8. The number of benzene rings is 6. The quantitative estimate of drug-likeness (QED) is 0.218. The largest absolute Gasteiger partial charge is 0.497 e. The molecule has 180 valence electrons.